The first kappa shape index (κ1) is 19.0. The summed E-state index contributed by atoms with van der Waals surface area (Å²) in [7, 11) is 1.95. The predicted molar refractivity (Wildman–Crippen MR) is 106 cm³/mol. The number of sulfone groups is 1. The van der Waals surface area contributed by atoms with Gasteiger partial charge in [-0.3, -0.25) is 0 Å². The molecule has 0 bridgehead atoms. The molecular formula is C18H22N6O2S. The maximum atomic E-state index is 12.7. The SMILES string of the molecule is CCS(=O)(=O)c1cc(/N=C/N(C)C)cnc1-c1nc2cc(C)cnc2n1C. The molecule has 0 aromatic carbocycles. The molecule has 3 aromatic rings. The molecule has 9 heteroatoms. The smallest absolute Gasteiger partial charge is 0.180 e. The lowest BCUT2D eigenvalue weighted by atomic mass is 10.3. The highest BCUT2D eigenvalue weighted by Gasteiger charge is 2.23. The lowest BCUT2D eigenvalue weighted by molar-refractivity contribution is 0.597. The highest BCUT2D eigenvalue weighted by atomic mass is 32.2. The normalized spacial score (nSPS) is 12.2. The van der Waals surface area contributed by atoms with Crippen LogP contribution in [0.4, 0.5) is 5.69 Å². The highest BCUT2D eigenvalue weighted by molar-refractivity contribution is 7.91. The van der Waals surface area contributed by atoms with Gasteiger partial charge < -0.3 is 9.47 Å². The Morgan fingerprint density at radius 2 is 1.96 bits per heavy atom. The first-order valence-corrected chi connectivity index (χ1v) is 10.1. The summed E-state index contributed by atoms with van der Waals surface area (Å²) < 4.78 is 27.2. The van der Waals surface area contributed by atoms with Crippen molar-refractivity contribution in [2.75, 3.05) is 19.8 Å². The maximum Gasteiger partial charge on any atom is 0.180 e. The maximum absolute atomic E-state index is 12.7. The number of hydrogen-bond donors (Lipinski definition) is 0. The number of pyridine rings is 2. The van der Waals surface area contributed by atoms with E-state index in [4.69, 9.17) is 0 Å². The van der Waals surface area contributed by atoms with Crippen molar-refractivity contribution in [1.29, 1.82) is 0 Å². The first-order chi connectivity index (χ1) is 12.7. The van der Waals surface area contributed by atoms with Gasteiger partial charge >= 0.3 is 0 Å². The van der Waals surface area contributed by atoms with Gasteiger partial charge in [0.1, 0.15) is 11.2 Å². The Labute approximate surface area is 158 Å². The number of rotatable bonds is 5. The molecule has 3 aromatic heterocycles. The van der Waals surface area contributed by atoms with E-state index in [2.05, 4.69) is 19.9 Å². The van der Waals surface area contributed by atoms with Crippen LogP contribution >= 0.6 is 0 Å². The molecule has 0 aliphatic heterocycles. The van der Waals surface area contributed by atoms with E-state index in [-0.39, 0.29) is 10.6 Å². The van der Waals surface area contributed by atoms with Crippen molar-refractivity contribution in [3.63, 3.8) is 0 Å². The third-order valence-electron chi connectivity index (χ3n) is 4.05. The van der Waals surface area contributed by atoms with Gasteiger partial charge in [0.05, 0.1) is 28.9 Å². The molecule has 8 nitrogen and oxygen atoms in total. The minimum Gasteiger partial charge on any atom is -0.369 e. The van der Waals surface area contributed by atoms with Crippen LogP contribution in [0, 0.1) is 6.92 Å². The monoisotopic (exact) mass is 386 g/mol. The molecule has 3 rings (SSSR count). The molecule has 0 spiro atoms. The molecule has 0 unspecified atom stereocenters. The number of aliphatic imine (C=N–C) groups is 1. The van der Waals surface area contributed by atoms with E-state index < -0.39 is 9.84 Å². The summed E-state index contributed by atoms with van der Waals surface area (Å²) in [5, 5.41) is 0. The zero-order valence-electron chi connectivity index (χ0n) is 16.0. The Balaban J connectivity index is 2.25. The summed E-state index contributed by atoms with van der Waals surface area (Å²) in [6.45, 7) is 3.54. The van der Waals surface area contributed by atoms with Crippen LogP contribution < -0.4 is 0 Å². The van der Waals surface area contributed by atoms with E-state index in [0.29, 0.717) is 28.4 Å². The Kier molecular flexibility index (Phi) is 4.97. The Bertz CT molecular complexity index is 1130. The van der Waals surface area contributed by atoms with Crippen molar-refractivity contribution >= 4 is 33.0 Å². The van der Waals surface area contributed by atoms with E-state index in [1.54, 1.807) is 48.2 Å². The van der Waals surface area contributed by atoms with Crippen molar-refractivity contribution in [3.8, 4) is 11.5 Å². The third kappa shape index (κ3) is 3.68. The summed E-state index contributed by atoms with van der Waals surface area (Å²) in [4.78, 5) is 19.5. The van der Waals surface area contributed by atoms with Crippen LogP contribution in [0.25, 0.3) is 22.7 Å². The second-order valence-electron chi connectivity index (χ2n) is 6.50. The summed E-state index contributed by atoms with van der Waals surface area (Å²) in [6, 6.07) is 3.45. The quantitative estimate of drug-likeness (QED) is 0.494. The molecule has 142 valence electrons. The summed E-state index contributed by atoms with van der Waals surface area (Å²) >= 11 is 0. The summed E-state index contributed by atoms with van der Waals surface area (Å²) in [5.74, 6) is 0.419. The van der Waals surface area contributed by atoms with E-state index in [1.165, 1.54) is 0 Å². The van der Waals surface area contributed by atoms with E-state index >= 15 is 0 Å². The first-order valence-electron chi connectivity index (χ1n) is 8.45. The lowest BCUT2D eigenvalue weighted by Gasteiger charge is -2.10. The van der Waals surface area contributed by atoms with Gasteiger partial charge in [-0.25, -0.2) is 28.4 Å². The zero-order chi connectivity index (χ0) is 19.8. The number of aromatic nitrogens is 4. The van der Waals surface area contributed by atoms with Crippen LogP contribution in [-0.2, 0) is 16.9 Å². The van der Waals surface area contributed by atoms with Crippen LogP contribution in [0.3, 0.4) is 0 Å². The van der Waals surface area contributed by atoms with Gasteiger partial charge in [0.2, 0.25) is 0 Å². The van der Waals surface area contributed by atoms with Crippen LogP contribution in [0.2, 0.25) is 0 Å². The van der Waals surface area contributed by atoms with Crippen molar-refractivity contribution in [1.82, 2.24) is 24.4 Å². The second kappa shape index (κ2) is 7.07. The second-order valence-corrected chi connectivity index (χ2v) is 8.75. The van der Waals surface area contributed by atoms with Crippen molar-refractivity contribution in [2.45, 2.75) is 18.7 Å². The fourth-order valence-corrected chi connectivity index (χ4v) is 3.69. The van der Waals surface area contributed by atoms with Gasteiger partial charge in [0.15, 0.2) is 21.3 Å². The minimum absolute atomic E-state index is 0.0379. The van der Waals surface area contributed by atoms with Crippen LogP contribution in [0.1, 0.15) is 12.5 Å². The van der Waals surface area contributed by atoms with Crippen molar-refractivity contribution in [2.24, 2.45) is 12.0 Å². The average Bonchev–Trinajstić information content (AvgIpc) is 2.95. The van der Waals surface area contributed by atoms with E-state index in [9.17, 15) is 8.42 Å². The van der Waals surface area contributed by atoms with Crippen molar-refractivity contribution < 1.29 is 8.42 Å². The predicted octanol–water partition coefficient (Wildman–Crippen LogP) is 2.35. The van der Waals surface area contributed by atoms with Crippen LogP contribution in [0.5, 0.6) is 0 Å². The Morgan fingerprint density at radius 1 is 1.22 bits per heavy atom. The average molecular weight is 386 g/mol. The lowest BCUT2D eigenvalue weighted by Crippen LogP contribution is -2.09. The molecule has 0 amide bonds. The van der Waals surface area contributed by atoms with Crippen LogP contribution in [-0.4, -0.2) is 59.0 Å². The highest BCUT2D eigenvalue weighted by Crippen LogP contribution is 2.30. The zero-order valence-corrected chi connectivity index (χ0v) is 16.8. The van der Waals surface area contributed by atoms with Gasteiger partial charge in [0.25, 0.3) is 0 Å². The summed E-state index contributed by atoms with van der Waals surface area (Å²) in [6.07, 6.45) is 4.90. The number of aryl methyl sites for hydroxylation is 2. The third-order valence-corrected chi connectivity index (χ3v) is 5.79. The molecule has 0 atom stereocenters. The minimum atomic E-state index is -3.52. The van der Waals surface area contributed by atoms with Crippen molar-refractivity contribution in [3.05, 3.63) is 30.1 Å². The molecule has 0 aliphatic carbocycles. The molecule has 0 fully saturated rings. The molecule has 27 heavy (non-hydrogen) atoms. The van der Waals surface area contributed by atoms with Gasteiger partial charge in [-0.2, -0.15) is 0 Å². The Hall–Kier alpha value is -2.81. The molecule has 0 aliphatic rings. The van der Waals surface area contributed by atoms with Crippen LogP contribution in [0.15, 0.2) is 34.4 Å². The standard InChI is InChI=1S/C18H22N6O2S/c1-6-27(25,26)15-8-13(21-11-23(3)4)10-19-16(15)18-22-14-7-12(2)9-20-17(14)24(18)5/h7-11H,6H2,1-5H3/b21-11+. The Morgan fingerprint density at radius 3 is 2.63 bits per heavy atom. The summed E-state index contributed by atoms with van der Waals surface area (Å²) in [5.41, 5.74) is 3.12. The number of fused-ring (bicyclic) bond motifs is 1. The molecule has 3 heterocycles. The molecule has 0 saturated heterocycles. The number of hydrogen-bond acceptors (Lipinski definition) is 6. The van der Waals surface area contributed by atoms with E-state index in [1.807, 2.05) is 27.1 Å². The van der Waals surface area contributed by atoms with Gasteiger partial charge in [-0.15, -0.1) is 0 Å². The molecule has 0 N–H and O–H groups in total. The van der Waals surface area contributed by atoms with Gasteiger partial charge in [-0.1, -0.05) is 6.92 Å². The fourth-order valence-electron chi connectivity index (χ4n) is 2.64. The topological polar surface area (TPSA) is 93.3 Å². The molecule has 0 saturated carbocycles. The molecule has 0 radical (unpaired) electrons. The fraction of sp³-hybridized carbons (Fsp3) is 0.333. The number of imidazole rings is 1. The van der Waals surface area contributed by atoms with E-state index in [0.717, 1.165) is 5.56 Å². The van der Waals surface area contributed by atoms with Gasteiger partial charge in [-0.05, 0) is 24.6 Å². The number of nitrogens with zero attached hydrogens (tertiary/aromatic N) is 6. The van der Waals surface area contributed by atoms with Gasteiger partial charge in [0, 0.05) is 27.3 Å². The largest absolute Gasteiger partial charge is 0.369 e. The molecular weight excluding hydrogens is 364 g/mol.